The quantitative estimate of drug-likeness (QED) is 0.880. The standard InChI is InChI=1S/C14H16N4O3/c19-14(20)12-4-10-11(16-7-15-10)6-18(12)5-9-3-13(21-17-9)8-1-2-8/h3,7-8,12H,1-2,4-6H2,(H,15,16)(H,19,20)/t12-/m0/s1. The average molecular weight is 288 g/mol. The smallest absolute Gasteiger partial charge is 0.321 e. The van der Waals surface area contributed by atoms with Gasteiger partial charge in [-0.25, -0.2) is 4.98 Å². The van der Waals surface area contributed by atoms with Crippen LogP contribution in [-0.2, 0) is 24.3 Å². The van der Waals surface area contributed by atoms with Crippen molar-refractivity contribution >= 4 is 5.97 Å². The van der Waals surface area contributed by atoms with Gasteiger partial charge in [-0.1, -0.05) is 5.16 Å². The van der Waals surface area contributed by atoms with Crippen LogP contribution in [0.1, 0.15) is 41.6 Å². The molecule has 7 nitrogen and oxygen atoms in total. The molecule has 2 N–H and O–H groups in total. The first-order valence-corrected chi connectivity index (χ1v) is 7.14. The largest absolute Gasteiger partial charge is 0.480 e. The number of aromatic nitrogens is 3. The van der Waals surface area contributed by atoms with E-state index in [1.165, 1.54) is 0 Å². The maximum Gasteiger partial charge on any atom is 0.321 e. The summed E-state index contributed by atoms with van der Waals surface area (Å²) in [5.41, 5.74) is 2.63. The van der Waals surface area contributed by atoms with E-state index in [0.29, 0.717) is 25.4 Å². The average Bonchev–Trinajstić information content (AvgIpc) is 3.03. The second-order valence-electron chi connectivity index (χ2n) is 5.79. The Balaban J connectivity index is 1.55. The first-order valence-electron chi connectivity index (χ1n) is 7.14. The molecule has 0 spiro atoms. The topological polar surface area (TPSA) is 95.2 Å². The van der Waals surface area contributed by atoms with Gasteiger partial charge in [-0.15, -0.1) is 0 Å². The zero-order valence-electron chi connectivity index (χ0n) is 11.5. The second-order valence-corrected chi connectivity index (χ2v) is 5.79. The van der Waals surface area contributed by atoms with Gasteiger partial charge >= 0.3 is 5.97 Å². The monoisotopic (exact) mass is 288 g/mol. The van der Waals surface area contributed by atoms with Crippen molar-refractivity contribution in [3.8, 4) is 0 Å². The Hall–Kier alpha value is -2.15. The van der Waals surface area contributed by atoms with Gasteiger partial charge in [-0.2, -0.15) is 0 Å². The van der Waals surface area contributed by atoms with E-state index in [0.717, 1.165) is 35.7 Å². The number of fused-ring (bicyclic) bond motifs is 1. The number of nitrogens with one attached hydrogen (secondary N) is 1. The molecular formula is C14H16N4O3. The molecule has 1 atom stereocenters. The summed E-state index contributed by atoms with van der Waals surface area (Å²) in [5, 5.41) is 13.5. The van der Waals surface area contributed by atoms with E-state index in [1.54, 1.807) is 6.33 Å². The van der Waals surface area contributed by atoms with Crippen molar-refractivity contribution < 1.29 is 14.4 Å². The summed E-state index contributed by atoms with van der Waals surface area (Å²) in [6, 6.07) is 1.39. The minimum atomic E-state index is -0.824. The number of hydrogen-bond acceptors (Lipinski definition) is 5. The molecule has 4 rings (SSSR count). The Kier molecular flexibility index (Phi) is 2.81. The zero-order valence-corrected chi connectivity index (χ0v) is 11.5. The van der Waals surface area contributed by atoms with Crippen LogP contribution in [-0.4, -0.2) is 37.1 Å². The summed E-state index contributed by atoms with van der Waals surface area (Å²) in [4.78, 5) is 20.7. The van der Waals surface area contributed by atoms with Gasteiger partial charge in [-0.3, -0.25) is 9.69 Å². The number of rotatable bonds is 4. The van der Waals surface area contributed by atoms with Crippen molar-refractivity contribution in [2.75, 3.05) is 0 Å². The normalized spacial score (nSPS) is 22.2. The van der Waals surface area contributed by atoms with Gasteiger partial charge in [0.05, 0.1) is 23.4 Å². The van der Waals surface area contributed by atoms with Crippen molar-refractivity contribution in [1.29, 1.82) is 0 Å². The summed E-state index contributed by atoms with van der Waals surface area (Å²) < 4.78 is 5.34. The zero-order chi connectivity index (χ0) is 14.4. The Labute approximate surface area is 121 Å². The van der Waals surface area contributed by atoms with E-state index in [4.69, 9.17) is 4.52 Å². The number of aliphatic carboxylic acids is 1. The molecule has 2 aliphatic rings. The highest BCUT2D eigenvalue weighted by Crippen LogP contribution is 2.40. The van der Waals surface area contributed by atoms with Gasteiger partial charge in [0.25, 0.3) is 0 Å². The minimum Gasteiger partial charge on any atom is -0.480 e. The van der Waals surface area contributed by atoms with E-state index in [1.807, 2.05) is 11.0 Å². The molecule has 0 saturated heterocycles. The maximum absolute atomic E-state index is 11.5. The van der Waals surface area contributed by atoms with Crippen molar-refractivity contribution in [2.24, 2.45) is 0 Å². The van der Waals surface area contributed by atoms with Gasteiger partial charge in [0.15, 0.2) is 0 Å². The third-order valence-corrected chi connectivity index (χ3v) is 4.20. The Morgan fingerprint density at radius 3 is 3.14 bits per heavy atom. The van der Waals surface area contributed by atoms with Crippen LogP contribution in [0.25, 0.3) is 0 Å². The minimum absolute atomic E-state index is 0.418. The van der Waals surface area contributed by atoms with Crippen molar-refractivity contribution in [3.05, 3.63) is 35.2 Å². The lowest BCUT2D eigenvalue weighted by Crippen LogP contribution is -2.45. The number of imidazole rings is 1. The highest BCUT2D eigenvalue weighted by molar-refractivity contribution is 5.74. The molecule has 21 heavy (non-hydrogen) atoms. The number of nitrogens with zero attached hydrogens (tertiary/aromatic N) is 3. The van der Waals surface area contributed by atoms with Crippen molar-refractivity contribution in [2.45, 2.75) is 44.3 Å². The van der Waals surface area contributed by atoms with E-state index in [2.05, 4.69) is 15.1 Å². The van der Waals surface area contributed by atoms with Crippen LogP contribution in [0.2, 0.25) is 0 Å². The van der Waals surface area contributed by atoms with E-state index in [9.17, 15) is 9.90 Å². The molecule has 7 heteroatoms. The van der Waals surface area contributed by atoms with Crippen LogP contribution in [0.15, 0.2) is 16.9 Å². The van der Waals surface area contributed by atoms with Crippen LogP contribution >= 0.6 is 0 Å². The summed E-state index contributed by atoms with van der Waals surface area (Å²) in [5.74, 6) is 0.618. The molecule has 2 aromatic rings. The third-order valence-electron chi connectivity index (χ3n) is 4.20. The van der Waals surface area contributed by atoms with E-state index >= 15 is 0 Å². The maximum atomic E-state index is 11.5. The summed E-state index contributed by atoms with van der Waals surface area (Å²) in [6.07, 6.45) is 4.36. The number of aromatic amines is 1. The second kappa shape index (κ2) is 4.70. The van der Waals surface area contributed by atoms with Gasteiger partial charge < -0.3 is 14.6 Å². The molecule has 0 aromatic carbocycles. The highest BCUT2D eigenvalue weighted by Gasteiger charge is 2.34. The summed E-state index contributed by atoms with van der Waals surface area (Å²) in [6.45, 7) is 1.02. The van der Waals surface area contributed by atoms with Crippen molar-refractivity contribution in [1.82, 2.24) is 20.0 Å². The molecule has 0 radical (unpaired) electrons. The molecule has 0 unspecified atom stereocenters. The van der Waals surface area contributed by atoms with Gasteiger partial charge in [0.1, 0.15) is 11.8 Å². The number of hydrogen-bond donors (Lipinski definition) is 2. The fourth-order valence-corrected chi connectivity index (χ4v) is 2.87. The molecule has 110 valence electrons. The van der Waals surface area contributed by atoms with Crippen LogP contribution in [0.4, 0.5) is 0 Å². The molecule has 1 fully saturated rings. The Morgan fingerprint density at radius 1 is 1.52 bits per heavy atom. The molecule has 0 bridgehead atoms. The predicted molar refractivity (Wildman–Crippen MR) is 71.4 cm³/mol. The SMILES string of the molecule is O=C(O)[C@@H]1Cc2nc[nH]c2CN1Cc1cc(C2CC2)on1. The Bertz CT molecular complexity index is 673. The number of carboxylic acid groups (broad SMARTS) is 1. The third kappa shape index (κ3) is 2.33. The molecule has 3 heterocycles. The molecule has 1 aliphatic carbocycles. The molecule has 1 aliphatic heterocycles. The lowest BCUT2D eigenvalue weighted by Gasteiger charge is -2.31. The fraction of sp³-hybridized carbons (Fsp3) is 0.500. The Morgan fingerprint density at radius 2 is 2.38 bits per heavy atom. The first kappa shape index (κ1) is 12.6. The summed E-state index contributed by atoms with van der Waals surface area (Å²) >= 11 is 0. The molecule has 1 saturated carbocycles. The first-order chi connectivity index (χ1) is 10.2. The van der Waals surface area contributed by atoms with Crippen LogP contribution in [0.3, 0.4) is 0 Å². The van der Waals surface area contributed by atoms with Gasteiger partial charge in [0, 0.05) is 31.5 Å². The predicted octanol–water partition coefficient (Wildman–Crippen LogP) is 1.29. The lowest BCUT2D eigenvalue weighted by molar-refractivity contribution is -0.144. The fourth-order valence-electron chi connectivity index (χ4n) is 2.87. The molecule has 0 amide bonds. The number of carboxylic acids is 1. The van der Waals surface area contributed by atoms with E-state index < -0.39 is 12.0 Å². The van der Waals surface area contributed by atoms with Crippen LogP contribution in [0.5, 0.6) is 0 Å². The molecule has 2 aromatic heterocycles. The van der Waals surface area contributed by atoms with Crippen molar-refractivity contribution in [3.63, 3.8) is 0 Å². The van der Waals surface area contributed by atoms with E-state index in [-0.39, 0.29) is 0 Å². The molecular weight excluding hydrogens is 272 g/mol. The number of carbonyl (C=O) groups is 1. The lowest BCUT2D eigenvalue weighted by atomic mass is 10.0. The van der Waals surface area contributed by atoms with Crippen LogP contribution in [0, 0.1) is 0 Å². The summed E-state index contributed by atoms with van der Waals surface area (Å²) in [7, 11) is 0. The highest BCUT2D eigenvalue weighted by atomic mass is 16.5. The number of H-pyrrole nitrogens is 1. The van der Waals surface area contributed by atoms with Crippen LogP contribution < -0.4 is 0 Å². The van der Waals surface area contributed by atoms with Gasteiger partial charge in [-0.05, 0) is 12.8 Å². The van der Waals surface area contributed by atoms with Gasteiger partial charge in [0.2, 0.25) is 0 Å².